The van der Waals surface area contributed by atoms with E-state index >= 15 is 0 Å². The number of nitrogens with zero attached hydrogens (tertiary/aromatic N) is 1. The van der Waals surface area contributed by atoms with Crippen molar-refractivity contribution in [3.05, 3.63) is 35.4 Å². The molecule has 2 atom stereocenters. The fourth-order valence-electron chi connectivity index (χ4n) is 3.05. The molecule has 0 saturated heterocycles. The number of carbonyl (C=O) groups excluding carboxylic acids is 3. The van der Waals surface area contributed by atoms with Crippen LogP contribution in [0.5, 0.6) is 0 Å². The van der Waals surface area contributed by atoms with Gasteiger partial charge in [-0.05, 0) is 46.6 Å². The van der Waals surface area contributed by atoms with E-state index < -0.39 is 23.8 Å². The number of unbranched alkanes of at least 4 members (excludes halogenated alkanes) is 2. The second-order valence-electron chi connectivity index (χ2n) is 8.63. The first-order valence-electron chi connectivity index (χ1n) is 10.6. The van der Waals surface area contributed by atoms with Crippen LogP contribution >= 0.6 is 0 Å². The Labute approximate surface area is 180 Å². The van der Waals surface area contributed by atoms with Crippen LogP contribution in [0.25, 0.3) is 0 Å². The molecule has 0 aliphatic carbocycles. The zero-order valence-electron chi connectivity index (χ0n) is 19.4. The van der Waals surface area contributed by atoms with Crippen LogP contribution in [0.1, 0.15) is 71.0 Å². The molecule has 0 aliphatic heterocycles. The molecule has 0 aromatic heterocycles. The topological polar surface area (TPSA) is 87.7 Å². The molecule has 0 aliphatic rings. The van der Waals surface area contributed by atoms with Gasteiger partial charge in [0.05, 0.1) is 0 Å². The van der Waals surface area contributed by atoms with Crippen LogP contribution in [-0.2, 0) is 14.3 Å². The van der Waals surface area contributed by atoms with Crippen molar-refractivity contribution in [1.29, 1.82) is 0 Å². The predicted octanol–water partition coefficient (Wildman–Crippen LogP) is 3.71. The third kappa shape index (κ3) is 8.43. The van der Waals surface area contributed by atoms with Crippen molar-refractivity contribution >= 4 is 17.9 Å². The minimum Gasteiger partial charge on any atom is -0.444 e. The Kier molecular flexibility index (Phi) is 9.82. The summed E-state index contributed by atoms with van der Waals surface area (Å²) < 4.78 is 5.22. The second-order valence-corrected chi connectivity index (χ2v) is 8.63. The highest BCUT2D eigenvalue weighted by atomic mass is 16.6. The number of ether oxygens (including phenoxy) is 1. The fraction of sp³-hybridized carbons (Fsp3) is 0.609. The molecule has 0 bridgehead atoms. The summed E-state index contributed by atoms with van der Waals surface area (Å²) in [5, 5.41) is 5.49. The van der Waals surface area contributed by atoms with Gasteiger partial charge >= 0.3 is 6.09 Å². The van der Waals surface area contributed by atoms with Gasteiger partial charge in [0.25, 0.3) is 0 Å². The van der Waals surface area contributed by atoms with E-state index in [1.165, 1.54) is 4.90 Å². The molecule has 7 heteroatoms. The standard InChI is InChI=1S/C23H37N3O4/c1-8-9-10-14-24-20(27)19(18-13-11-12-16(2)15-18)26(7)21(28)17(3)25-22(29)30-23(4,5)6/h11-13,15,17,19H,8-10,14H2,1-7H3,(H,24,27)(H,25,29). The minimum atomic E-state index is -0.843. The summed E-state index contributed by atoms with van der Waals surface area (Å²) in [6.45, 7) is 11.4. The number of hydrogen-bond donors (Lipinski definition) is 2. The van der Waals surface area contributed by atoms with Gasteiger partial charge in [-0.15, -0.1) is 0 Å². The van der Waals surface area contributed by atoms with Crippen molar-refractivity contribution in [2.75, 3.05) is 13.6 Å². The maximum Gasteiger partial charge on any atom is 0.408 e. The average molecular weight is 420 g/mol. The molecule has 0 saturated carbocycles. The number of aryl methyl sites for hydroxylation is 1. The number of amides is 3. The highest BCUT2D eigenvalue weighted by Crippen LogP contribution is 2.22. The summed E-state index contributed by atoms with van der Waals surface area (Å²) in [6, 6.07) is 5.90. The van der Waals surface area contributed by atoms with Crippen LogP contribution < -0.4 is 10.6 Å². The van der Waals surface area contributed by atoms with Crippen LogP contribution in [0.4, 0.5) is 4.79 Å². The van der Waals surface area contributed by atoms with Crippen molar-refractivity contribution < 1.29 is 19.1 Å². The van der Waals surface area contributed by atoms with Gasteiger partial charge in [0, 0.05) is 13.6 Å². The molecule has 2 N–H and O–H groups in total. The SMILES string of the molecule is CCCCCNC(=O)C(c1cccc(C)c1)N(C)C(=O)C(C)NC(=O)OC(C)(C)C. The van der Waals surface area contributed by atoms with Crippen molar-refractivity contribution in [1.82, 2.24) is 15.5 Å². The Morgan fingerprint density at radius 3 is 2.40 bits per heavy atom. The Morgan fingerprint density at radius 1 is 1.17 bits per heavy atom. The Morgan fingerprint density at radius 2 is 1.83 bits per heavy atom. The molecule has 0 heterocycles. The largest absolute Gasteiger partial charge is 0.444 e. The Balaban J connectivity index is 2.97. The van der Waals surface area contributed by atoms with Crippen molar-refractivity contribution in [2.45, 2.75) is 78.5 Å². The maximum atomic E-state index is 13.0. The number of nitrogens with one attached hydrogen (secondary N) is 2. The molecule has 2 unspecified atom stereocenters. The number of carbonyl (C=O) groups is 3. The van der Waals surface area contributed by atoms with Gasteiger partial charge in [0.2, 0.25) is 11.8 Å². The summed E-state index contributed by atoms with van der Waals surface area (Å²) in [5.41, 5.74) is 1.06. The zero-order valence-corrected chi connectivity index (χ0v) is 19.4. The number of hydrogen-bond acceptors (Lipinski definition) is 4. The lowest BCUT2D eigenvalue weighted by molar-refractivity contribution is -0.140. The summed E-state index contributed by atoms with van der Waals surface area (Å²) in [4.78, 5) is 39.4. The number of rotatable bonds is 9. The third-order valence-corrected chi connectivity index (χ3v) is 4.52. The fourth-order valence-corrected chi connectivity index (χ4v) is 3.05. The lowest BCUT2D eigenvalue weighted by atomic mass is 10.0. The summed E-state index contributed by atoms with van der Waals surface area (Å²) >= 11 is 0. The molecule has 0 fully saturated rings. The van der Waals surface area contributed by atoms with E-state index in [0.29, 0.717) is 6.54 Å². The molecule has 0 spiro atoms. The molecular formula is C23H37N3O4. The Bertz CT molecular complexity index is 727. The molecule has 1 aromatic rings. The lowest BCUT2D eigenvalue weighted by Crippen LogP contribution is -2.50. The van der Waals surface area contributed by atoms with E-state index in [0.717, 1.165) is 30.4 Å². The summed E-state index contributed by atoms with van der Waals surface area (Å²) in [5.74, 6) is -0.618. The monoisotopic (exact) mass is 419 g/mol. The molecule has 3 amide bonds. The van der Waals surface area contributed by atoms with E-state index in [-0.39, 0.29) is 11.8 Å². The molecule has 30 heavy (non-hydrogen) atoms. The molecular weight excluding hydrogens is 382 g/mol. The molecule has 1 rings (SSSR count). The number of benzene rings is 1. The van der Waals surface area contributed by atoms with Crippen LogP contribution in [0.2, 0.25) is 0 Å². The van der Waals surface area contributed by atoms with Crippen LogP contribution in [0.15, 0.2) is 24.3 Å². The van der Waals surface area contributed by atoms with E-state index in [2.05, 4.69) is 17.6 Å². The first-order chi connectivity index (χ1) is 14.0. The highest BCUT2D eigenvalue weighted by molar-refractivity contribution is 5.91. The Hall–Kier alpha value is -2.57. The summed E-state index contributed by atoms with van der Waals surface area (Å²) in [6.07, 6.45) is 2.30. The van der Waals surface area contributed by atoms with Gasteiger partial charge in [-0.2, -0.15) is 0 Å². The van der Waals surface area contributed by atoms with E-state index in [4.69, 9.17) is 4.74 Å². The van der Waals surface area contributed by atoms with E-state index in [9.17, 15) is 14.4 Å². The molecule has 7 nitrogen and oxygen atoms in total. The minimum absolute atomic E-state index is 0.239. The second kappa shape index (κ2) is 11.6. The molecule has 0 radical (unpaired) electrons. The summed E-state index contributed by atoms with van der Waals surface area (Å²) in [7, 11) is 1.58. The van der Waals surface area contributed by atoms with Gasteiger partial charge in [0.1, 0.15) is 17.7 Å². The van der Waals surface area contributed by atoms with Crippen LogP contribution in [0, 0.1) is 6.92 Å². The van der Waals surface area contributed by atoms with Gasteiger partial charge in [-0.3, -0.25) is 9.59 Å². The molecule has 168 valence electrons. The highest BCUT2D eigenvalue weighted by Gasteiger charge is 2.32. The van der Waals surface area contributed by atoms with Crippen LogP contribution in [-0.4, -0.2) is 48.0 Å². The third-order valence-electron chi connectivity index (χ3n) is 4.52. The van der Waals surface area contributed by atoms with Crippen molar-refractivity contribution in [3.8, 4) is 0 Å². The first-order valence-corrected chi connectivity index (χ1v) is 10.6. The van der Waals surface area contributed by atoms with Crippen LogP contribution in [0.3, 0.4) is 0 Å². The van der Waals surface area contributed by atoms with Crippen molar-refractivity contribution in [3.63, 3.8) is 0 Å². The zero-order chi connectivity index (χ0) is 22.9. The molecule has 1 aromatic carbocycles. The average Bonchev–Trinajstić information content (AvgIpc) is 2.63. The van der Waals surface area contributed by atoms with Gasteiger partial charge in [-0.1, -0.05) is 49.6 Å². The van der Waals surface area contributed by atoms with Gasteiger partial charge < -0.3 is 20.3 Å². The van der Waals surface area contributed by atoms with Gasteiger partial charge in [0.15, 0.2) is 0 Å². The van der Waals surface area contributed by atoms with Gasteiger partial charge in [-0.25, -0.2) is 4.79 Å². The quantitative estimate of drug-likeness (QED) is 0.597. The predicted molar refractivity (Wildman–Crippen MR) is 118 cm³/mol. The normalized spacial score (nSPS) is 13.2. The maximum absolute atomic E-state index is 13.0. The van der Waals surface area contributed by atoms with E-state index in [1.807, 2.05) is 31.2 Å². The van der Waals surface area contributed by atoms with E-state index in [1.54, 1.807) is 34.7 Å². The number of alkyl carbamates (subject to hydrolysis) is 1. The first kappa shape index (κ1) is 25.5. The van der Waals surface area contributed by atoms with Crippen molar-refractivity contribution in [2.24, 2.45) is 0 Å². The smallest absolute Gasteiger partial charge is 0.408 e. The lowest BCUT2D eigenvalue weighted by Gasteiger charge is -2.30. The number of likely N-dealkylation sites (N-methyl/N-ethyl adjacent to an activating group) is 1.